The predicted octanol–water partition coefficient (Wildman–Crippen LogP) is 11.0. The first-order valence-corrected chi connectivity index (χ1v) is 36.3. The van der Waals surface area contributed by atoms with Crippen LogP contribution in [-0.4, -0.2) is 166 Å². The van der Waals surface area contributed by atoms with Gasteiger partial charge >= 0.3 is 5.97 Å². The molecule has 4 saturated carbocycles. The summed E-state index contributed by atoms with van der Waals surface area (Å²) in [7, 11) is 0. The number of hydrogen-bond acceptors (Lipinski definition) is 18. The van der Waals surface area contributed by atoms with Crippen LogP contribution in [-0.2, 0) is 43.4 Å². The van der Waals surface area contributed by atoms with Crippen LogP contribution in [0.25, 0.3) is 31.8 Å². The zero-order valence-corrected chi connectivity index (χ0v) is 58.8. The maximum Gasteiger partial charge on any atom is 0.355 e. The van der Waals surface area contributed by atoms with E-state index in [1.54, 1.807) is 22.7 Å². The fraction of sp³-hybridized carbons (Fsp3) is 0.548. The molecule has 2 aromatic carbocycles. The minimum atomic E-state index is -1.11. The van der Waals surface area contributed by atoms with Gasteiger partial charge in [-0.1, -0.05) is 88.8 Å². The second kappa shape index (κ2) is 27.2. The maximum absolute atomic E-state index is 14.2. The van der Waals surface area contributed by atoms with Gasteiger partial charge in [-0.25, -0.2) is 19.7 Å². The second-order valence-electron chi connectivity index (χ2n) is 30.5. The van der Waals surface area contributed by atoms with E-state index in [1.807, 2.05) is 124 Å². The average molecular weight is 1360 g/mol. The standard InChI is InChI=1S/C73H92N14O8S2/c1-45-51-15-14-26-85(64(51)82-81-63(45)80-68-77-54-16-12-13-17-56(54)97-68)57-25-24-52(60(78-57)67(93)94)53-35-76-87(47(53)3)43-72-38-70(7)37-71(8,39-72)41-73(40-70,42-72)95-32-31-83-27-29-84(30-28-83)59(90)19-11-9-10-18-58(89)79-62(69(4,5)6)66(92)86-36-50(88)33-55(86)65(91)74-34-48-20-22-49(23-21-48)61-46(2)75-44-96-61/h12-13,16-17,20-25,35,44,50,55,62,88H,9-11,14-15,18-19,26-34,36-43H2,1-8H3,(H,74,91)(H,79,89)(H,93,94)(H,77,80,81)/t50?,55-,62+,70?,71?,72?,73?/m1/s1. The van der Waals surface area contributed by atoms with Crippen LogP contribution >= 0.6 is 22.7 Å². The molecule has 7 aliphatic rings. The van der Waals surface area contributed by atoms with Crippen LogP contribution < -0.4 is 20.9 Å². The van der Waals surface area contributed by atoms with Gasteiger partial charge in [-0.3, -0.25) is 28.8 Å². The van der Waals surface area contributed by atoms with Crippen LogP contribution in [0.5, 0.6) is 0 Å². The van der Waals surface area contributed by atoms with Crippen LogP contribution in [0, 0.1) is 42.4 Å². The first-order chi connectivity index (χ1) is 46.3. The van der Waals surface area contributed by atoms with Crippen molar-refractivity contribution >= 4 is 85.1 Å². The number of benzene rings is 2. The van der Waals surface area contributed by atoms with Crippen molar-refractivity contribution in [3.63, 3.8) is 0 Å². The van der Waals surface area contributed by atoms with E-state index >= 15 is 0 Å². The molecule has 97 heavy (non-hydrogen) atoms. The van der Waals surface area contributed by atoms with Gasteiger partial charge in [0.1, 0.15) is 17.9 Å². The Morgan fingerprint density at radius 1 is 0.835 bits per heavy atom. The molecule has 2 saturated heterocycles. The lowest BCUT2D eigenvalue weighted by molar-refractivity contribution is -0.249. The molecule has 5 N–H and O–H groups in total. The number of hydrogen-bond donors (Lipinski definition) is 5. The van der Waals surface area contributed by atoms with Gasteiger partial charge < -0.3 is 45.6 Å². The number of β-amino-alcohol motifs (C(OH)–C–C–N with tert-alkyl or cyclic N) is 1. The lowest BCUT2D eigenvalue weighted by Crippen LogP contribution is -2.64. The van der Waals surface area contributed by atoms with Gasteiger partial charge in [0.25, 0.3) is 0 Å². The molecule has 4 bridgehead atoms. The van der Waals surface area contributed by atoms with Crippen molar-refractivity contribution in [2.75, 3.05) is 62.6 Å². The van der Waals surface area contributed by atoms with Crippen molar-refractivity contribution < 1.29 is 38.9 Å². The topological polar surface area (TPSA) is 266 Å². The molecule has 6 fully saturated rings. The number of carbonyl (C=O) groups is 5. The number of ether oxygens (including phenoxy) is 1. The van der Waals surface area contributed by atoms with Crippen molar-refractivity contribution in [2.45, 2.75) is 182 Å². The molecule has 4 aliphatic carbocycles. The number of carboxylic acid groups (broad SMARTS) is 1. The second-order valence-corrected chi connectivity index (χ2v) is 32.3. The predicted molar refractivity (Wildman–Crippen MR) is 375 cm³/mol. The number of likely N-dealkylation sites (tertiary alicyclic amines) is 1. The first kappa shape index (κ1) is 67.8. The van der Waals surface area contributed by atoms with E-state index in [0.717, 1.165) is 131 Å². The lowest BCUT2D eigenvalue weighted by Gasteiger charge is -2.69. The number of nitrogens with zero attached hydrogens (tertiary/aromatic N) is 11. The number of fused-ring (bicyclic) bond motifs is 2. The van der Waals surface area contributed by atoms with Crippen molar-refractivity contribution in [3.05, 3.63) is 106 Å². The molecule has 4 amide bonds. The molecule has 24 heteroatoms. The Labute approximate surface area is 575 Å². The SMILES string of the molecule is Cc1ncsc1-c1ccc(CNC(=O)[C@H]2CC(O)CN2C(=O)[C@H](NC(=O)CCCCCC(=O)N2CCN(CCOC34CC5(C)CC(C)(CC(Cn6ncc(-c7ccc(N8CCCc9c8nnc(Nc8nc%10ccccc%10s8)c9C)nc7C(=O)O)c6C)(C5)C3)C4)CC2)C(C)(C)C)cc1. The van der Waals surface area contributed by atoms with Crippen molar-refractivity contribution in [3.8, 4) is 21.6 Å². The van der Waals surface area contributed by atoms with Crippen LogP contribution in [0.1, 0.15) is 157 Å². The highest BCUT2D eigenvalue weighted by Crippen LogP contribution is 2.72. The Morgan fingerprint density at radius 3 is 2.31 bits per heavy atom. The molecule has 514 valence electrons. The molecule has 0 radical (unpaired) electrons. The van der Waals surface area contributed by atoms with E-state index in [-0.39, 0.29) is 71.2 Å². The number of aryl methyl sites for hydroxylation is 1. The Balaban J connectivity index is 0.560. The third-order valence-electron chi connectivity index (χ3n) is 21.3. The minimum Gasteiger partial charge on any atom is -0.476 e. The largest absolute Gasteiger partial charge is 0.476 e. The molecule has 3 unspecified atom stereocenters. The van der Waals surface area contributed by atoms with Crippen LogP contribution in [0.4, 0.5) is 22.6 Å². The van der Waals surface area contributed by atoms with Crippen LogP contribution in [0.2, 0.25) is 0 Å². The Bertz CT molecular complexity index is 4060. The number of unbranched alkanes of at least 4 members (excludes halogenated alkanes) is 2. The molecule has 5 atom stereocenters. The normalized spacial score (nSPS) is 24.2. The van der Waals surface area contributed by atoms with Gasteiger partial charge in [0.05, 0.1) is 50.8 Å². The van der Waals surface area contributed by atoms with E-state index in [9.17, 15) is 34.2 Å². The van der Waals surface area contributed by atoms with Gasteiger partial charge in [0.2, 0.25) is 23.6 Å². The molecular weight excluding hydrogens is 1270 g/mol. The van der Waals surface area contributed by atoms with E-state index in [1.165, 1.54) is 11.3 Å². The molecule has 3 aliphatic heterocycles. The molecule has 5 aromatic heterocycles. The van der Waals surface area contributed by atoms with Gasteiger partial charge in [-0.15, -0.1) is 21.5 Å². The number of anilines is 4. The van der Waals surface area contributed by atoms with Gasteiger partial charge in [0.15, 0.2) is 22.5 Å². The van der Waals surface area contributed by atoms with Crippen molar-refractivity contribution in [2.24, 2.45) is 21.7 Å². The number of carbonyl (C=O) groups excluding carboxylic acids is 4. The Kier molecular flexibility index (Phi) is 19.0. The number of nitrogens with one attached hydrogen (secondary N) is 3. The minimum absolute atomic E-state index is 0.000189. The number of amides is 4. The zero-order valence-electron chi connectivity index (χ0n) is 57.2. The number of aliphatic hydroxyl groups is 1. The number of pyridine rings is 1. The first-order valence-electron chi connectivity index (χ1n) is 34.6. The molecule has 22 nitrogen and oxygen atoms in total. The fourth-order valence-corrected chi connectivity index (χ4v) is 19.5. The smallest absolute Gasteiger partial charge is 0.355 e. The molecule has 8 heterocycles. The summed E-state index contributed by atoms with van der Waals surface area (Å²) in [5.41, 5.74) is 9.09. The third kappa shape index (κ3) is 14.4. The number of rotatable bonds is 23. The highest BCUT2D eigenvalue weighted by atomic mass is 32.1. The summed E-state index contributed by atoms with van der Waals surface area (Å²) in [4.78, 5) is 90.7. The highest BCUT2D eigenvalue weighted by molar-refractivity contribution is 7.22. The quantitative estimate of drug-likeness (QED) is 0.0373. The molecule has 14 rings (SSSR count). The Morgan fingerprint density at radius 2 is 1.59 bits per heavy atom. The van der Waals surface area contributed by atoms with Gasteiger partial charge in [0, 0.05) is 106 Å². The lowest BCUT2D eigenvalue weighted by atomic mass is 9.39. The number of carboxylic acids is 1. The van der Waals surface area contributed by atoms with Gasteiger partial charge in [-0.2, -0.15) is 5.10 Å². The zero-order chi connectivity index (χ0) is 68.2. The van der Waals surface area contributed by atoms with E-state index in [2.05, 4.69) is 49.5 Å². The van der Waals surface area contributed by atoms with Crippen molar-refractivity contribution in [1.82, 2.24) is 60.3 Å². The summed E-state index contributed by atoms with van der Waals surface area (Å²) in [6.45, 7) is 22.5. The number of aliphatic hydroxyl groups excluding tert-OH is 1. The monoisotopic (exact) mass is 1360 g/mol. The van der Waals surface area contributed by atoms with E-state index < -0.39 is 35.5 Å². The number of aromatic carboxylic acids is 1. The summed E-state index contributed by atoms with van der Waals surface area (Å²) in [6.07, 6.45) is 11.5. The molecule has 0 spiro atoms. The van der Waals surface area contributed by atoms with Crippen LogP contribution in [0.3, 0.4) is 0 Å². The molecular formula is C73H92N14O8S2. The van der Waals surface area contributed by atoms with Gasteiger partial charge in [-0.05, 0) is 142 Å². The van der Waals surface area contributed by atoms with Crippen molar-refractivity contribution in [1.29, 1.82) is 0 Å². The summed E-state index contributed by atoms with van der Waals surface area (Å²) >= 11 is 3.14. The fourth-order valence-electron chi connectivity index (χ4n) is 17.8. The van der Waals surface area contributed by atoms with E-state index in [4.69, 9.17) is 24.9 Å². The number of piperazine rings is 1. The number of para-hydroxylation sites is 1. The Hall–Kier alpha value is -7.77. The summed E-state index contributed by atoms with van der Waals surface area (Å²) < 4.78 is 10.4. The summed E-state index contributed by atoms with van der Waals surface area (Å²) in [5.74, 6) is -0.174. The average Bonchev–Trinajstić information content (AvgIpc) is 1.45. The highest BCUT2D eigenvalue weighted by Gasteiger charge is 2.66. The van der Waals surface area contributed by atoms with E-state index in [0.29, 0.717) is 74.9 Å². The number of aromatic nitrogens is 7. The molecule has 7 aromatic rings. The third-order valence-corrected chi connectivity index (χ3v) is 23.3. The number of thiazole rings is 2. The maximum atomic E-state index is 14.2. The summed E-state index contributed by atoms with van der Waals surface area (Å²) in [6, 6.07) is 17.9. The van der Waals surface area contributed by atoms with Crippen LogP contribution in [0.15, 0.2) is 72.4 Å². The summed E-state index contributed by atoms with van der Waals surface area (Å²) in [5, 5.41) is 45.9.